The number of benzene rings is 1. The Bertz CT molecular complexity index is 986. The van der Waals surface area contributed by atoms with Gasteiger partial charge in [-0.3, -0.25) is 9.78 Å². The Kier molecular flexibility index (Phi) is 4.74. The van der Waals surface area contributed by atoms with Gasteiger partial charge in [-0.05, 0) is 36.4 Å². The van der Waals surface area contributed by atoms with Gasteiger partial charge in [0.2, 0.25) is 10.0 Å². The molecule has 0 radical (unpaired) electrons. The lowest BCUT2D eigenvalue weighted by atomic mass is 10.3. The van der Waals surface area contributed by atoms with E-state index in [2.05, 4.69) is 20.6 Å². The van der Waals surface area contributed by atoms with Crippen LogP contribution in [0.2, 0.25) is 0 Å². The highest BCUT2D eigenvalue weighted by Gasteiger charge is 2.12. The van der Waals surface area contributed by atoms with Crippen LogP contribution < -0.4 is 15.8 Å². The number of carbonyl (C=O) groups excluding carboxylic acids is 1. The fraction of sp³-hybridized carbons (Fsp3) is 0. The molecular formula is C15H13N5O3S2. The number of primary sulfonamides is 1. The molecule has 3 aromatic rings. The average Bonchev–Trinajstić information content (AvgIpc) is 3.04. The fourth-order valence-electron chi connectivity index (χ4n) is 1.92. The van der Waals surface area contributed by atoms with E-state index in [-0.39, 0.29) is 10.6 Å². The molecule has 0 bridgehead atoms. The largest absolute Gasteiger partial charge is 0.330 e. The molecule has 0 atom stereocenters. The second kappa shape index (κ2) is 6.97. The first-order valence-electron chi connectivity index (χ1n) is 6.98. The molecule has 2 aromatic heterocycles. The van der Waals surface area contributed by atoms with Gasteiger partial charge in [-0.1, -0.05) is 0 Å². The summed E-state index contributed by atoms with van der Waals surface area (Å²) in [5.74, 6) is -0.404. The summed E-state index contributed by atoms with van der Waals surface area (Å²) in [6, 6.07) is 9.18. The number of nitrogens with zero attached hydrogens (tertiary/aromatic N) is 2. The zero-order chi connectivity index (χ0) is 17.9. The molecule has 10 heteroatoms. The lowest BCUT2D eigenvalue weighted by Crippen LogP contribution is -2.14. The molecule has 0 fully saturated rings. The molecule has 0 unspecified atom stereocenters. The van der Waals surface area contributed by atoms with E-state index in [9.17, 15) is 13.2 Å². The molecule has 0 aliphatic rings. The van der Waals surface area contributed by atoms with Crippen molar-refractivity contribution in [3.8, 4) is 0 Å². The Balaban J connectivity index is 1.67. The number of sulfonamides is 1. The average molecular weight is 375 g/mol. The van der Waals surface area contributed by atoms with Gasteiger partial charge in [-0.25, -0.2) is 18.5 Å². The maximum absolute atomic E-state index is 12.2. The first kappa shape index (κ1) is 17.0. The molecule has 3 rings (SSSR count). The topological polar surface area (TPSA) is 127 Å². The molecule has 8 nitrogen and oxygen atoms in total. The van der Waals surface area contributed by atoms with Crippen molar-refractivity contribution in [3.63, 3.8) is 0 Å². The van der Waals surface area contributed by atoms with Crippen molar-refractivity contribution in [2.75, 3.05) is 10.6 Å². The normalized spacial score (nSPS) is 11.1. The first-order chi connectivity index (χ1) is 11.9. The van der Waals surface area contributed by atoms with E-state index in [4.69, 9.17) is 5.14 Å². The Morgan fingerprint density at radius 1 is 1.12 bits per heavy atom. The van der Waals surface area contributed by atoms with Crippen molar-refractivity contribution in [3.05, 3.63) is 59.9 Å². The second-order valence-corrected chi connectivity index (χ2v) is 7.35. The van der Waals surface area contributed by atoms with Crippen molar-refractivity contribution in [2.45, 2.75) is 4.90 Å². The van der Waals surface area contributed by atoms with Crippen LogP contribution in [0.15, 0.2) is 59.1 Å². The number of nitrogens with two attached hydrogens (primary N) is 1. The molecule has 0 aliphatic carbocycles. The molecule has 2 heterocycles. The van der Waals surface area contributed by atoms with Gasteiger partial charge in [0.15, 0.2) is 5.13 Å². The molecule has 1 aromatic carbocycles. The standard InChI is InChI=1S/C15H13N5O3S2/c16-25(22,23)12-5-3-10(4-6-12)18-14(21)13-9-24-15(20-13)19-11-2-1-7-17-8-11/h1-9H,(H,18,21)(H,19,20)(H2,16,22,23). The quantitative estimate of drug-likeness (QED) is 0.627. The molecule has 4 N–H and O–H groups in total. The molecule has 1 amide bonds. The summed E-state index contributed by atoms with van der Waals surface area (Å²) >= 11 is 1.28. The van der Waals surface area contributed by atoms with Gasteiger partial charge in [0, 0.05) is 17.3 Å². The van der Waals surface area contributed by atoms with E-state index in [1.807, 2.05) is 6.07 Å². The summed E-state index contributed by atoms with van der Waals surface area (Å²) in [7, 11) is -3.76. The fourth-order valence-corrected chi connectivity index (χ4v) is 3.14. The number of nitrogens with one attached hydrogen (secondary N) is 2. The minimum atomic E-state index is -3.76. The number of carbonyl (C=O) groups is 1. The van der Waals surface area contributed by atoms with Crippen LogP contribution in [-0.4, -0.2) is 24.3 Å². The summed E-state index contributed by atoms with van der Waals surface area (Å²) < 4.78 is 22.4. The number of pyridine rings is 1. The van der Waals surface area contributed by atoms with Crippen LogP contribution in [0.4, 0.5) is 16.5 Å². The van der Waals surface area contributed by atoms with Gasteiger partial charge in [-0.15, -0.1) is 11.3 Å². The van der Waals surface area contributed by atoms with Crippen LogP contribution in [0.1, 0.15) is 10.5 Å². The lowest BCUT2D eigenvalue weighted by molar-refractivity contribution is 0.102. The third-order valence-corrected chi connectivity index (χ3v) is 4.78. The van der Waals surface area contributed by atoms with E-state index < -0.39 is 15.9 Å². The van der Waals surface area contributed by atoms with Gasteiger partial charge in [-0.2, -0.15) is 0 Å². The highest BCUT2D eigenvalue weighted by molar-refractivity contribution is 7.89. The van der Waals surface area contributed by atoms with Crippen molar-refractivity contribution in [2.24, 2.45) is 5.14 Å². The smallest absolute Gasteiger partial charge is 0.275 e. The molecule has 0 saturated carbocycles. The van der Waals surface area contributed by atoms with E-state index in [0.717, 1.165) is 5.69 Å². The number of aromatic nitrogens is 2. The van der Waals surface area contributed by atoms with E-state index in [1.165, 1.54) is 35.6 Å². The molecule has 0 saturated heterocycles. The van der Waals surface area contributed by atoms with Crippen LogP contribution in [0.25, 0.3) is 0 Å². The third kappa shape index (κ3) is 4.38. The van der Waals surface area contributed by atoms with Crippen LogP contribution in [0.5, 0.6) is 0 Å². The van der Waals surface area contributed by atoms with Crippen LogP contribution in [0.3, 0.4) is 0 Å². The van der Waals surface area contributed by atoms with Gasteiger partial charge < -0.3 is 10.6 Å². The number of hydrogen-bond acceptors (Lipinski definition) is 7. The number of rotatable bonds is 5. The van der Waals surface area contributed by atoms with Crippen LogP contribution in [-0.2, 0) is 10.0 Å². The van der Waals surface area contributed by atoms with Crippen molar-refractivity contribution < 1.29 is 13.2 Å². The Labute approximate surface area is 147 Å². The molecule has 0 aliphatic heterocycles. The highest BCUT2D eigenvalue weighted by atomic mass is 32.2. The minimum absolute atomic E-state index is 0.0258. The van der Waals surface area contributed by atoms with Crippen LogP contribution in [0, 0.1) is 0 Å². The predicted octanol–water partition coefficient (Wildman–Crippen LogP) is 2.18. The molecule has 128 valence electrons. The molecular weight excluding hydrogens is 362 g/mol. The summed E-state index contributed by atoms with van der Waals surface area (Å²) in [5, 5.41) is 12.9. The van der Waals surface area contributed by atoms with Crippen molar-refractivity contribution >= 4 is 43.8 Å². The predicted molar refractivity (Wildman–Crippen MR) is 95.4 cm³/mol. The Hall–Kier alpha value is -2.82. The van der Waals surface area contributed by atoms with E-state index >= 15 is 0 Å². The Morgan fingerprint density at radius 3 is 2.52 bits per heavy atom. The zero-order valence-electron chi connectivity index (χ0n) is 12.7. The summed E-state index contributed by atoms with van der Waals surface area (Å²) in [5.41, 5.74) is 1.45. The zero-order valence-corrected chi connectivity index (χ0v) is 14.3. The van der Waals surface area contributed by atoms with Crippen molar-refractivity contribution in [1.29, 1.82) is 0 Å². The summed E-state index contributed by atoms with van der Waals surface area (Å²) in [6.45, 7) is 0. The van der Waals surface area contributed by atoms with Crippen LogP contribution >= 0.6 is 11.3 Å². The van der Waals surface area contributed by atoms with E-state index in [1.54, 1.807) is 23.8 Å². The minimum Gasteiger partial charge on any atom is -0.330 e. The third-order valence-electron chi connectivity index (χ3n) is 3.09. The summed E-state index contributed by atoms with van der Waals surface area (Å²) in [6.07, 6.45) is 3.31. The van der Waals surface area contributed by atoms with Crippen molar-refractivity contribution in [1.82, 2.24) is 9.97 Å². The molecule has 0 spiro atoms. The monoisotopic (exact) mass is 375 g/mol. The lowest BCUT2D eigenvalue weighted by Gasteiger charge is -2.04. The van der Waals surface area contributed by atoms with Gasteiger partial charge in [0.05, 0.1) is 16.8 Å². The van der Waals surface area contributed by atoms with Gasteiger partial charge in [0.1, 0.15) is 5.69 Å². The number of amides is 1. The first-order valence-corrected chi connectivity index (χ1v) is 9.41. The molecule has 25 heavy (non-hydrogen) atoms. The van der Waals surface area contributed by atoms with Gasteiger partial charge >= 0.3 is 0 Å². The SMILES string of the molecule is NS(=O)(=O)c1ccc(NC(=O)c2csc(Nc3cccnc3)n2)cc1. The number of thiazole rings is 1. The number of anilines is 3. The van der Waals surface area contributed by atoms with Gasteiger partial charge in [0.25, 0.3) is 5.91 Å². The second-order valence-electron chi connectivity index (χ2n) is 4.93. The maximum atomic E-state index is 12.2. The Morgan fingerprint density at radius 2 is 1.88 bits per heavy atom. The maximum Gasteiger partial charge on any atom is 0.275 e. The summed E-state index contributed by atoms with van der Waals surface area (Å²) in [4.78, 5) is 20.4. The number of hydrogen-bond donors (Lipinski definition) is 3. The van der Waals surface area contributed by atoms with E-state index in [0.29, 0.717) is 10.8 Å². The highest BCUT2D eigenvalue weighted by Crippen LogP contribution is 2.21.